The number of carbonyl (C=O) groups is 1. The van der Waals surface area contributed by atoms with Crippen LogP contribution in [0.4, 0.5) is 0 Å². The third-order valence-corrected chi connectivity index (χ3v) is 10.0. The van der Waals surface area contributed by atoms with Gasteiger partial charge in [-0.1, -0.05) is 42.5 Å². The fraction of sp³-hybridized carbons (Fsp3) is 0.240. The maximum absolute atomic E-state index is 13.5. The van der Waals surface area contributed by atoms with Crippen LogP contribution < -0.4 is 14.8 Å². The zero-order valence-corrected chi connectivity index (χ0v) is 21.3. The largest absolute Gasteiger partial charge is 0.454 e. The first-order chi connectivity index (χ1) is 17.8. The average Bonchev–Trinajstić information content (AvgIpc) is 3.40. The number of carbonyl (C=O) groups excluding carboxylic acids is 1. The van der Waals surface area contributed by atoms with Crippen molar-refractivity contribution in [3.8, 4) is 11.5 Å². The van der Waals surface area contributed by atoms with E-state index in [1.807, 2.05) is 0 Å². The first kappa shape index (κ1) is 25.2. The molecule has 1 atom stereocenters. The molecule has 0 aromatic heterocycles. The Kier molecular flexibility index (Phi) is 6.90. The zero-order chi connectivity index (χ0) is 26.0. The highest BCUT2D eigenvalue weighted by Crippen LogP contribution is 2.32. The first-order valence-electron chi connectivity index (χ1n) is 11.6. The first-order valence-corrected chi connectivity index (χ1v) is 14.4. The van der Waals surface area contributed by atoms with Crippen LogP contribution in [0.3, 0.4) is 0 Å². The molecular weight excluding hydrogens is 518 g/mol. The number of amides is 1. The molecule has 3 aromatic rings. The molecule has 10 nitrogen and oxygen atoms in total. The van der Waals surface area contributed by atoms with E-state index in [0.29, 0.717) is 11.5 Å². The van der Waals surface area contributed by atoms with Gasteiger partial charge in [0.2, 0.25) is 32.7 Å². The Morgan fingerprint density at radius 3 is 2.11 bits per heavy atom. The van der Waals surface area contributed by atoms with Gasteiger partial charge in [-0.3, -0.25) is 4.79 Å². The van der Waals surface area contributed by atoms with Crippen LogP contribution in [0.5, 0.6) is 11.5 Å². The Bertz CT molecular complexity index is 1500. The summed E-state index contributed by atoms with van der Waals surface area (Å²) in [6, 6.07) is 19.6. The molecule has 5 rings (SSSR count). The molecular formula is C25H25N3O7S2. The molecule has 194 valence electrons. The number of ether oxygens (including phenoxy) is 2. The van der Waals surface area contributed by atoms with Crippen LogP contribution in [0.1, 0.15) is 5.56 Å². The molecule has 0 unspecified atom stereocenters. The smallest absolute Gasteiger partial charge is 0.243 e. The highest BCUT2D eigenvalue weighted by Gasteiger charge is 2.43. The second-order valence-electron chi connectivity index (χ2n) is 8.53. The summed E-state index contributed by atoms with van der Waals surface area (Å²) >= 11 is 0. The van der Waals surface area contributed by atoms with Crippen molar-refractivity contribution < 1.29 is 31.1 Å². The number of sulfonamides is 2. The van der Waals surface area contributed by atoms with Crippen LogP contribution in [0.15, 0.2) is 88.7 Å². The Morgan fingerprint density at radius 1 is 0.811 bits per heavy atom. The van der Waals surface area contributed by atoms with Crippen molar-refractivity contribution in [2.75, 3.05) is 26.4 Å². The molecule has 0 spiro atoms. The number of piperazine rings is 1. The predicted octanol–water partition coefficient (Wildman–Crippen LogP) is 1.80. The molecule has 0 saturated carbocycles. The van der Waals surface area contributed by atoms with Gasteiger partial charge < -0.3 is 14.8 Å². The van der Waals surface area contributed by atoms with Gasteiger partial charge in [-0.25, -0.2) is 16.8 Å². The van der Waals surface area contributed by atoms with Crippen molar-refractivity contribution in [1.82, 2.24) is 13.9 Å². The van der Waals surface area contributed by atoms with Crippen molar-refractivity contribution >= 4 is 26.0 Å². The third-order valence-electron chi connectivity index (χ3n) is 6.23. The summed E-state index contributed by atoms with van der Waals surface area (Å²) in [5.74, 6) is 0.548. The van der Waals surface area contributed by atoms with E-state index in [0.717, 1.165) is 14.2 Å². The van der Waals surface area contributed by atoms with Gasteiger partial charge in [0, 0.05) is 26.2 Å². The van der Waals surface area contributed by atoms with Crippen molar-refractivity contribution in [1.29, 1.82) is 0 Å². The number of hydrogen-bond donors (Lipinski definition) is 1. The molecule has 2 aliphatic heterocycles. The van der Waals surface area contributed by atoms with Crippen LogP contribution in [-0.4, -0.2) is 63.8 Å². The molecule has 37 heavy (non-hydrogen) atoms. The highest BCUT2D eigenvalue weighted by molar-refractivity contribution is 7.89. The quantitative estimate of drug-likeness (QED) is 0.482. The van der Waals surface area contributed by atoms with Gasteiger partial charge in [0.15, 0.2) is 11.5 Å². The molecule has 3 aromatic carbocycles. The Labute approximate surface area is 215 Å². The number of benzene rings is 3. The number of rotatable bonds is 7. The fourth-order valence-electron chi connectivity index (χ4n) is 4.29. The summed E-state index contributed by atoms with van der Waals surface area (Å²) in [5.41, 5.74) is 0.722. The molecule has 2 aliphatic rings. The lowest BCUT2D eigenvalue weighted by atomic mass is 10.2. The maximum Gasteiger partial charge on any atom is 0.243 e. The van der Waals surface area contributed by atoms with Gasteiger partial charge in [-0.2, -0.15) is 8.61 Å². The van der Waals surface area contributed by atoms with Crippen LogP contribution >= 0.6 is 0 Å². The van der Waals surface area contributed by atoms with E-state index in [1.54, 1.807) is 54.6 Å². The number of nitrogens with one attached hydrogen (secondary N) is 1. The molecule has 1 amide bonds. The summed E-state index contributed by atoms with van der Waals surface area (Å²) in [7, 11) is -8.00. The summed E-state index contributed by atoms with van der Waals surface area (Å²) in [4.78, 5) is 13.5. The fourth-order valence-corrected chi connectivity index (χ4v) is 7.34. The van der Waals surface area contributed by atoms with Crippen LogP contribution in [0.25, 0.3) is 0 Å². The average molecular weight is 544 g/mol. The van der Waals surface area contributed by atoms with Crippen LogP contribution in [-0.2, 0) is 31.4 Å². The van der Waals surface area contributed by atoms with Crippen molar-refractivity contribution in [2.24, 2.45) is 0 Å². The summed E-state index contributed by atoms with van der Waals surface area (Å²) < 4.78 is 66.4. The lowest BCUT2D eigenvalue weighted by Gasteiger charge is -2.38. The molecule has 12 heteroatoms. The van der Waals surface area contributed by atoms with Crippen LogP contribution in [0.2, 0.25) is 0 Å². The molecule has 0 radical (unpaired) electrons. The number of fused-ring (bicyclic) bond motifs is 1. The van der Waals surface area contributed by atoms with E-state index >= 15 is 0 Å². The van der Waals surface area contributed by atoms with Gasteiger partial charge in [-0.05, 0) is 42.0 Å². The normalized spacial score (nSPS) is 18.4. The van der Waals surface area contributed by atoms with Gasteiger partial charge in [-0.15, -0.1) is 0 Å². The Balaban J connectivity index is 1.41. The molecule has 1 fully saturated rings. The zero-order valence-electron chi connectivity index (χ0n) is 19.7. The van der Waals surface area contributed by atoms with Gasteiger partial charge >= 0.3 is 0 Å². The Hall–Kier alpha value is -3.45. The predicted molar refractivity (Wildman–Crippen MR) is 134 cm³/mol. The van der Waals surface area contributed by atoms with E-state index in [1.165, 1.54) is 24.3 Å². The van der Waals surface area contributed by atoms with E-state index < -0.39 is 32.0 Å². The van der Waals surface area contributed by atoms with Crippen LogP contribution in [0, 0.1) is 0 Å². The lowest BCUT2D eigenvalue weighted by molar-refractivity contribution is -0.126. The van der Waals surface area contributed by atoms with Crippen molar-refractivity contribution in [3.63, 3.8) is 0 Å². The van der Waals surface area contributed by atoms with Crippen molar-refractivity contribution in [2.45, 2.75) is 22.4 Å². The molecule has 1 N–H and O–H groups in total. The monoisotopic (exact) mass is 543 g/mol. The molecule has 1 saturated heterocycles. The molecule has 0 bridgehead atoms. The highest BCUT2D eigenvalue weighted by atomic mass is 32.2. The van der Waals surface area contributed by atoms with E-state index in [4.69, 9.17) is 9.47 Å². The second-order valence-corrected chi connectivity index (χ2v) is 12.4. The lowest BCUT2D eigenvalue weighted by Crippen LogP contribution is -2.61. The van der Waals surface area contributed by atoms with E-state index in [2.05, 4.69) is 5.32 Å². The SMILES string of the molecule is O=C(NCc1ccc2c(c1)OCO2)[C@H]1CN(S(=O)(=O)c2ccccc2)CCN1S(=O)(=O)c1ccccc1. The van der Waals surface area contributed by atoms with Gasteiger partial charge in [0.1, 0.15) is 6.04 Å². The maximum atomic E-state index is 13.5. The summed E-state index contributed by atoms with van der Waals surface area (Å²) in [5, 5.41) is 2.76. The van der Waals surface area contributed by atoms with E-state index in [9.17, 15) is 21.6 Å². The minimum absolute atomic E-state index is 0.0305. The van der Waals surface area contributed by atoms with Gasteiger partial charge in [0.05, 0.1) is 9.79 Å². The minimum Gasteiger partial charge on any atom is -0.454 e. The minimum atomic E-state index is -4.07. The molecule has 0 aliphatic carbocycles. The van der Waals surface area contributed by atoms with Gasteiger partial charge in [0.25, 0.3) is 0 Å². The molecule has 2 heterocycles. The third kappa shape index (κ3) is 5.05. The number of nitrogens with zero attached hydrogens (tertiary/aromatic N) is 2. The summed E-state index contributed by atoms with van der Waals surface area (Å²) in [6.45, 7) is -0.376. The van der Waals surface area contributed by atoms with E-state index in [-0.39, 0.29) is 42.8 Å². The summed E-state index contributed by atoms with van der Waals surface area (Å²) in [6.07, 6.45) is 0. The number of hydrogen-bond acceptors (Lipinski definition) is 7. The van der Waals surface area contributed by atoms with Crippen molar-refractivity contribution in [3.05, 3.63) is 84.4 Å². The standard InChI is InChI=1S/C25H25N3O7S2/c29-25(26-16-19-11-12-23-24(15-19)35-18-34-23)22-17-27(36(30,31)20-7-3-1-4-8-20)13-14-28(22)37(32,33)21-9-5-2-6-10-21/h1-12,15,22H,13-14,16-18H2,(H,26,29)/t22-/m1/s1. The Morgan fingerprint density at radius 2 is 1.43 bits per heavy atom. The second kappa shape index (κ2) is 10.1. The topological polar surface area (TPSA) is 122 Å².